The summed E-state index contributed by atoms with van der Waals surface area (Å²) in [5.41, 5.74) is 0.0633. The number of piperidine rings is 1. The Kier molecular flexibility index (Phi) is 4.92. The monoisotopic (exact) mass is 300 g/mol. The average Bonchev–Trinajstić information content (AvgIpc) is 3.20. The van der Waals surface area contributed by atoms with Crippen molar-refractivity contribution in [2.45, 2.75) is 45.1 Å². The Morgan fingerprint density at radius 1 is 1.40 bits per heavy atom. The van der Waals surface area contributed by atoms with Gasteiger partial charge in [-0.15, -0.1) is 6.58 Å². The first-order chi connectivity index (χ1) is 9.32. The van der Waals surface area contributed by atoms with E-state index in [2.05, 4.69) is 18.8 Å². The normalized spacial score (nSPS) is 28.0. The molecule has 2 atom stereocenters. The molecular weight excluding hydrogens is 272 g/mol. The molecule has 1 saturated heterocycles. The average molecular weight is 300 g/mol. The molecule has 0 spiro atoms. The van der Waals surface area contributed by atoms with Crippen LogP contribution in [0.1, 0.15) is 39.0 Å². The summed E-state index contributed by atoms with van der Waals surface area (Å²) in [6.45, 7) is 8.53. The molecule has 1 aliphatic heterocycles. The van der Waals surface area contributed by atoms with Gasteiger partial charge < -0.3 is 5.32 Å². The summed E-state index contributed by atoms with van der Waals surface area (Å²) in [6, 6.07) is 0.702. The molecule has 116 valence electrons. The summed E-state index contributed by atoms with van der Waals surface area (Å²) in [4.78, 5) is 0. The summed E-state index contributed by atoms with van der Waals surface area (Å²) in [5.74, 6) is 0.447. The van der Waals surface area contributed by atoms with Crippen molar-refractivity contribution in [3.05, 3.63) is 12.7 Å². The van der Waals surface area contributed by atoms with Gasteiger partial charge >= 0.3 is 0 Å². The van der Waals surface area contributed by atoms with E-state index in [1.807, 2.05) is 6.08 Å². The zero-order valence-corrected chi connectivity index (χ0v) is 13.6. The third kappa shape index (κ3) is 4.57. The first-order valence-electron chi connectivity index (χ1n) is 7.64. The molecule has 5 heteroatoms. The fraction of sp³-hybridized carbons (Fsp3) is 0.867. The molecule has 4 nitrogen and oxygen atoms in total. The topological polar surface area (TPSA) is 49.4 Å². The maximum Gasteiger partial charge on any atom is 0.211 e. The minimum absolute atomic E-state index is 0.0633. The second kappa shape index (κ2) is 6.16. The zero-order valence-electron chi connectivity index (χ0n) is 12.8. The Hall–Kier alpha value is -0.390. The molecule has 20 heavy (non-hydrogen) atoms. The second-order valence-corrected chi connectivity index (χ2v) is 8.83. The molecule has 0 aromatic heterocycles. The van der Waals surface area contributed by atoms with E-state index in [4.69, 9.17) is 0 Å². The summed E-state index contributed by atoms with van der Waals surface area (Å²) in [6.07, 6.45) is 9.05. The summed E-state index contributed by atoms with van der Waals surface area (Å²) in [5, 5.41) is 3.58. The van der Waals surface area contributed by atoms with Crippen LogP contribution in [0.2, 0.25) is 0 Å². The van der Waals surface area contributed by atoms with Crippen LogP contribution in [0.15, 0.2) is 12.7 Å². The highest BCUT2D eigenvalue weighted by Crippen LogP contribution is 2.33. The number of hydrogen-bond donors (Lipinski definition) is 1. The predicted octanol–water partition coefficient (Wildman–Crippen LogP) is 1.99. The van der Waals surface area contributed by atoms with Crippen molar-refractivity contribution in [2.75, 3.05) is 25.9 Å². The van der Waals surface area contributed by atoms with E-state index in [-0.39, 0.29) is 5.41 Å². The highest BCUT2D eigenvalue weighted by Gasteiger charge is 2.32. The predicted molar refractivity (Wildman–Crippen MR) is 83.1 cm³/mol. The molecule has 0 amide bonds. The molecule has 0 aromatic rings. The van der Waals surface area contributed by atoms with E-state index in [9.17, 15) is 8.42 Å². The number of nitrogens with one attached hydrogen (secondary N) is 1. The molecular formula is C15H28N2O2S. The third-order valence-corrected chi connectivity index (χ3v) is 5.84. The van der Waals surface area contributed by atoms with Crippen LogP contribution in [0.3, 0.4) is 0 Å². The van der Waals surface area contributed by atoms with E-state index in [1.54, 1.807) is 4.31 Å². The smallest absolute Gasteiger partial charge is 0.211 e. The van der Waals surface area contributed by atoms with Crippen molar-refractivity contribution in [3.63, 3.8) is 0 Å². The summed E-state index contributed by atoms with van der Waals surface area (Å²) < 4.78 is 25.0. The van der Waals surface area contributed by atoms with Crippen molar-refractivity contribution >= 4 is 10.0 Å². The number of hydrogen-bond acceptors (Lipinski definition) is 3. The molecule has 1 heterocycles. The second-order valence-electron chi connectivity index (χ2n) is 6.85. The lowest BCUT2D eigenvalue weighted by Gasteiger charge is -2.36. The van der Waals surface area contributed by atoms with Crippen molar-refractivity contribution in [1.29, 1.82) is 0 Å². The van der Waals surface area contributed by atoms with Gasteiger partial charge in [0.1, 0.15) is 0 Å². The fourth-order valence-electron chi connectivity index (χ4n) is 3.05. The Bertz CT molecular complexity index is 445. The van der Waals surface area contributed by atoms with E-state index in [0.29, 0.717) is 25.0 Å². The molecule has 2 fully saturated rings. The van der Waals surface area contributed by atoms with Crippen molar-refractivity contribution < 1.29 is 8.42 Å². The van der Waals surface area contributed by atoms with Crippen LogP contribution in [0.5, 0.6) is 0 Å². The van der Waals surface area contributed by atoms with Gasteiger partial charge in [-0.05, 0) is 43.4 Å². The van der Waals surface area contributed by atoms with Gasteiger partial charge in [-0.1, -0.05) is 13.0 Å². The maximum absolute atomic E-state index is 11.7. The molecule has 2 aliphatic rings. The zero-order chi connectivity index (χ0) is 14.8. The molecule has 0 radical (unpaired) electrons. The molecule has 1 N–H and O–H groups in total. The first kappa shape index (κ1) is 16.0. The maximum atomic E-state index is 11.7. The number of sulfonamides is 1. The fourth-order valence-corrected chi connectivity index (χ4v) is 3.99. The van der Waals surface area contributed by atoms with Gasteiger partial charge in [0.05, 0.1) is 6.26 Å². The Morgan fingerprint density at radius 2 is 2.10 bits per heavy atom. The molecule has 1 aliphatic carbocycles. The van der Waals surface area contributed by atoms with E-state index < -0.39 is 10.0 Å². The third-order valence-electron chi connectivity index (χ3n) is 4.57. The molecule has 0 aromatic carbocycles. The van der Waals surface area contributed by atoms with Gasteiger partial charge in [0.25, 0.3) is 0 Å². The minimum atomic E-state index is -3.04. The van der Waals surface area contributed by atoms with Crippen molar-refractivity contribution in [3.8, 4) is 0 Å². The lowest BCUT2D eigenvalue weighted by Crippen LogP contribution is -2.42. The van der Waals surface area contributed by atoms with Crippen LogP contribution >= 0.6 is 0 Å². The minimum Gasteiger partial charge on any atom is -0.313 e. The van der Waals surface area contributed by atoms with Crippen LogP contribution in [-0.4, -0.2) is 44.7 Å². The Balaban J connectivity index is 1.90. The largest absolute Gasteiger partial charge is 0.313 e. The molecule has 0 bridgehead atoms. The Labute approximate surface area is 123 Å². The first-order valence-corrected chi connectivity index (χ1v) is 9.49. The number of nitrogens with zero attached hydrogens (tertiary/aromatic N) is 1. The van der Waals surface area contributed by atoms with Gasteiger partial charge in [0, 0.05) is 25.7 Å². The Morgan fingerprint density at radius 3 is 2.65 bits per heavy atom. The van der Waals surface area contributed by atoms with E-state index >= 15 is 0 Å². The standard InChI is InChI=1S/C15H28N2O2S/c1-4-15(2,12-16-14-7-8-14)10-13-6-5-9-17(11-13)20(3,18)19/h4,13-14,16H,1,5-12H2,2-3H3. The van der Waals surface area contributed by atoms with Crippen LogP contribution in [0, 0.1) is 11.3 Å². The van der Waals surface area contributed by atoms with Gasteiger partial charge in [0.15, 0.2) is 0 Å². The highest BCUT2D eigenvalue weighted by atomic mass is 32.2. The van der Waals surface area contributed by atoms with Crippen molar-refractivity contribution in [1.82, 2.24) is 9.62 Å². The van der Waals surface area contributed by atoms with Crippen LogP contribution in [-0.2, 0) is 10.0 Å². The van der Waals surface area contributed by atoms with E-state index in [1.165, 1.54) is 19.1 Å². The SMILES string of the molecule is C=CC(C)(CNC1CC1)CC1CCCN(S(C)(=O)=O)C1. The molecule has 1 saturated carbocycles. The van der Waals surface area contributed by atoms with E-state index in [0.717, 1.165) is 25.8 Å². The van der Waals surface area contributed by atoms with Crippen LogP contribution in [0.4, 0.5) is 0 Å². The van der Waals surface area contributed by atoms with Crippen LogP contribution in [0.25, 0.3) is 0 Å². The van der Waals surface area contributed by atoms with Gasteiger partial charge in [0.2, 0.25) is 10.0 Å². The summed E-state index contributed by atoms with van der Waals surface area (Å²) in [7, 11) is -3.04. The van der Waals surface area contributed by atoms with Gasteiger partial charge in [-0.2, -0.15) is 0 Å². The van der Waals surface area contributed by atoms with Gasteiger partial charge in [-0.3, -0.25) is 0 Å². The highest BCUT2D eigenvalue weighted by molar-refractivity contribution is 7.88. The molecule has 2 rings (SSSR count). The quantitative estimate of drug-likeness (QED) is 0.732. The van der Waals surface area contributed by atoms with Crippen molar-refractivity contribution in [2.24, 2.45) is 11.3 Å². The summed E-state index contributed by atoms with van der Waals surface area (Å²) >= 11 is 0. The lowest BCUT2D eigenvalue weighted by atomic mass is 9.78. The van der Waals surface area contributed by atoms with Crippen LogP contribution < -0.4 is 5.32 Å². The lowest BCUT2D eigenvalue weighted by molar-refractivity contribution is 0.204. The molecule has 2 unspecified atom stereocenters. The number of rotatable bonds is 7. The van der Waals surface area contributed by atoms with Gasteiger partial charge in [-0.25, -0.2) is 12.7 Å².